The van der Waals surface area contributed by atoms with Gasteiger partial charge in [0.05, 0.1) is 12.0 Å². The number of ether oxygens (including phenoxy) is 1. The summed E-state index contributed by atoms with van der Waals surface area (Å²) in [6, 6.07) is 8.54. The molecule has 0 bridgehead atoms. The number of benzene rings is 2. The summed E-state index contributed by atoms with van der Waals surface area (Å²) < 4.78 is 6.25. The van der Waals surface area contributed by atoms with Gasteiger partial charge in [0.1, 0.15) is 23.4 Å². The molecule has 0 radical (unpaired) electrons. The van der Waals surface area contributed by atoms with Gasteiger partial charge in [-0.05, 0) is 75.9 Å². The van der Waals surface area contributed by atoms with Crippen molar-refractivity contribution in [2.24, 2.45) is 0 Å². The Hall–Kier alpha value is -3.01. The lowest BCUT2D eigenvalue weighted by molar-refractivity contribution is 0.0847. The second-order valence-electron chi connectivity index (χ2n) is 8.03. The summed E-state index contributed by atoms with van der Waals surface area (Å²) in [7, 11) is 0. The number of hydrogen-bond acceptors (Lipinski definition) is 4. The molecule has 4 nitrogen and oxygen atoms in total. The van der Waals surface area contributed by atoms with Crippen molar-refractivity contribution in [3.05, 3.63) is 75.9 Å². The van der Waals surface area contributed by atoms with Crippen LogP contribution in [0, 0.1) is 0 Å². The quantitative estimate of drug-likeness (QED) is 0.629. The Morgan fingerprint density at radius 2 is 1.66 bits per heavy atom. The van der Waals surface area contributed by atoms with E-state index in [0.717, 1.165) is 16.7 Å². The van der Waals surface area contributed by atoms with Crippen LogP contribution in [0.2, 0.25) is 0 Å². The van der Waals surface area contributed by atoms with E-state index >= 15 is 0 Å². The third kappa shape index (κ3) is 4.70. The number of hydrogen-bond donors (Lipinski definition) is 2. The van der Waals surface area contributed by atoms with E-state index in [4.69, 9.17) is 4.74 Å². The van der Waals surface area contributed by atoms with Gasteiger partial charge in [-0.25, -0.2) is 0 Å². The monoisotopic (exact) mass is 392 g/mol. The van der Waals surface area contributed by atoms with Crippen LogP contribution < -0.4 is 4.74 Å². The van der Waals surface area contributed by atoms with Crippen LogP contribution in [0.1, 0.15) is 67.3 Å². The molecule has 1 aliphatic rings. The molecule has 1 atom stereocenters. The van der Waals surface area contributed by atoms with Crippen LogP contribution in [0.3, 0.4) is 0 Å². The molecular weight excluding hydrogens is 364 g/mol. The number of Topliss-reactive ketones (excluding diaryl/α,β-unsaturated/α-hetero) is 1. The lowest BCUT2D eigenvalue weighted by atomic mass is 9.92. The van der Waals surface area contributed by atoms with Crippen molar-refractivity contribution in [3.8, 4) is 17.2 Å². The first-order valence-electron chi connectivity index (χ1n) is 9.89. The molecule has 0 aromatic heterocycles. The number of phenolic OH excluding ortho intramolecular Hbond substituents is 2. The molecule has 4 heteroatoms. The number of ketones is 1. The van der Waals surface area contributed by atoms with Crippen molar-refractivity contribution < 1.29 is 19.7 Å². The number of carbonyl (C=O) groups is 1. The number of phenols is 2. The van der Waals surface area contributed by atoms with E-state index in [1.54, 1.807) is 24.3 Å². The van der Waals surface area contributed by atoms with Gasteiger partial charge >= 0.3 is 0 Å². The van der Waals surface area contributed by atoms with Crippen LogP contribution in [-0.2, 0) is 12.8 Å². The van der Waals surface area contributed by atoms with Crippen molar-refractivity contribution in [2.45, 2.75) is 53.1 Å². The summed E-state index contributed by atoms with van der Waals surface area (Å²) in [6.07, 6.45) is 4.95. The molecule has 29 heavy (non-hydrogen) atoms. The summed E-state index contributed by atoms with van der Waals surface area (Å²) in [6.45, 7) is 8.01. The molecule has 0 saturated carbocycles. The van der Waals surface area contributed by atoms with Gasteiger partial charge in [-0.3, -0.25) is 4.79 Å². The molecular formula is C25H28O4. The van der Waals surface area contributed by atoms with E-state index in [-0.39, 0.29) is 23.7 Å². The number of fused-ring (bicyclic) bond motifs is 1. The van der Waals surface area contributed by atoms with E-state index in [1.165, 1.54) is 5.57 Å². The fourth-order valence-electron chi connectivity index (χ4n) is 3.41. The van der Waals surface area contributed by atoms with E-state index in [2.05, 4.69) is 6.08 Å². The van der Waals surface area contributed by atoms with Crippen LogP contribution in [0.5, 0.6) is 17.2 Å². The van der Waals surface area contributed by atoms with Gasteiger partial charge in [0.15, 0.2) is 5.78 Å². The highest BCUT2D eigenvalue weighted by molar-refractivity contribution is 6.00. The zero-order valence-corrected chi connectivity index (χ0v) is 17.5. The molecule has 2 aromatic rings. The fraction of sp³-hybridized carbons (Fsp3) is 0.320. The molecule has 0 aliphatic carbocycles. The molecule has 152 valence electrons. The Bertz CT molecular complexity index is 990. The number of allylic oxidation sites excluding steroid dienone is 4. The topological polar surface area (TPSA) is 66.8 Å². The maximum absolute atomic E-state index is 12.8. The van der Waals surface area contributed by atoms with Crippen molar-refractivity contribution in [1.29, 1.82) is 0 Å². The van der Waals surface area contributed by atoms with Crippen LogP contribution in [0.25, 0.3) is 0 Å². The Morgan fingerprint density at radius 1 is 1.00 bits per heavy atom. The maximum atomic E-state index is 12.8. The van der Waals surface area contributed by atoms with Crippen LogP contribution in [0.4, 0.5) is 0 Å². The molecule has 1 heterocycles. The van der Waals surface area contributed by atoms with Crippen LogP contribution in [0.15, 0.2) is 53.6 Å². The standard InChI is InChI=1S/C25H28O4/c1-15(2)5-7-17-13-18(8-11-21(17)26)24-14-23(28)20-10-12-22(27)19(25(20)29-24)9-6-16(3)4/h5-6,8,10-13,24,26-27H,7,9,14H2,1-4H3. The molecule has 1 unspecified atom stereocenters. The van der Waals surface area contributed by atoms with Crippen molar-refractivity contribution in [1.82, 2.24) is 0 Å². The normalized spacial score (nSPS) is 15.3. The molecule has 0 spiro atoms. The van der Waals surface area contributed by atoms with Gasteiger partial charge < -0.3 is 14.9 Å². The molecule has 0 saturated heterocycles. The van der Waals surface area contributed by atoms with Gasteiger partial charge in [0, 0.05) is 5.56 Å². The SMILES string of the molecule is CC(C)=CCc1cc(C2CC(=O)c3ccc(O)c(CC=C(C)C)c3O2)ccc1O. The van der Waals surface area contributed by atoms with E-state index < -0.39 is 6.10 Å². The molecule has 2 N–H and O–H groups in total. The van der Waals surface area contributed by atoms with Crippen LogP contribution in [-0.4, -0.2) is 16.0 Å². The first kappa shape index (κ1) is 20.7. The van der Waals surface area contributed by atoms with Gasteiger partial charge in [0.25, 0.3) is 0 Å². The molecule has 1 aliphatic heterocycles. The predicted molar refractivity (Wildman–Crippen MR) is 115 cm³/mol. The molecule has 3 rings (SSSR count). The minimum atomic E-state index is -0.451. The molecule has 0 fully saturated rings. The van der Waals surface area contributed by atoms with Crippen molar-refractivity contribution in [2.75, 3.05) is 0 Å². The lowest BCUT2D eigenvalue weighted by Crippen LogP contribution is -2.21. The first-order valence-corrected chi connectivity index (χ1v) is 9.89. The largest absolute Gasteiger partial charge is 0.508 e. The maximum Gasteiger partial charge on any atom is 0.170 e. The summed E-state index contributed by atoms with van der Waals surface area (Å²) in [4.78, 5) is 12.8. The summed E-state index contributed by atoms with van der Waals surface area (Å²) in [5.41, 5.74) is 5.09. The summed E-state index contributed by atoms with van der Waals surface area (Å²) in [5.74, 6) is 0.816. The Labute approximate surface area is 172 Å². The van der Waals surface area contributed by atoms with Crippen LogP contribution >= 0.6 is 0 Å². The van der Waals surface area contributed by atoms with Gasteiger partial charge in [-0.1, -0.05) is 29.4 Å². The second-order valence-corrected chi connectivity index (χ2v) is 8.03. The highest BCUT2D eigenvalue weighted by Crippen LogP contribution is 2.41. The van der Waals surface area contributed by atoms with Gasteiger partial charge in [-0.2, -0.15) is 0 Å². The minimum absolute atomic E-state index is 0.00590. The average molecular weight is 392 g/mol. The van der Waals surface area contributed by atoms with E-state index in [0.29, 0.717) is 29.7 Å². The minimum Gasteiger partial charge on any atom is -0.508 e. The molecule has 0 amide bonds. The average Bonchev–Trinajstić information content (AvgIpc) is 2.66. The van der Waals surface area contributed by atoms with Gasteiger partial charge in [0.2, 0.25) is 0 Å². The van der Waals surface area contributed by atoms with E-state index in [9.17, 15) is 15.0 Å². The zero-order chi connectivity index (χ0) is 21.1. The van der Waals surface area contributed by atoms with Crippen molar-refractivity contribution in [3.63, 3.8) is 0 Å². The first-order chi connectivity index (χ1) is 13.8. The lowest BCUT2D eigenvalue weighted by Gasteiger charge is -2.28. The summed E-state index contributed by atoms with van der Waals surface area (Å²) in [5, 5.41) is 20.5. The number of carbonyl (C=O) groups excluding carboxylic acids is 1. The Balaban J connectivity index is 1.98. The van der Waals surface area contributed by atoms with Crippen molar-refractivity contribution >= 4 is 5.78 Å². The third-order valence-corrected chi connectivity index (χ3v) is 5.09. The smallest absolute Gasteiger partial charge is 0.170 e. The second kappa shape index (κ2) is 8.56. The predicted octanol–water partition coefficient (Wildman–Crippen LogP) is 5.82. The molecule has 2 aromatic carbocycles. The summed E-state index contributed by atoms with van der Waals surface area (Å²) >= 11 is 0. The fourth-order valence-corrected chi connectivity index (χ4v) is 3.41. The highest BCUT2D eigenvalue weighted by Gasteiger charge is 2.30. The zero-order valence-electron chi connectivity index (χ0n) is 17.5. The highest BCUT2D eigenvalue weighted by atomic mass is 16.5. The third-order valence-electron chi connectivity index (χ3n) is 5.09. The Kier molecular flexibility index (Phi) is 6.12. The number of rotatable bonds is 5. The van der Waals surface area contributed by atoms with Gasteiger partial charge in [-0.15, -0.1) is 0 Å². The number of aromatic hydroxyl groups is 2. The Morgan fingerprint density at radius 3 is 2.34 bits per heavy atom. The van der Waals surface area contributed by atoms with E-state index in [1.807, 2.05) is 39.8 Å².